The third-order valence-corrected chi connectivity index (χ3v) is 4.71. The Kier molecular flexibility index (Phi) is 4.82. The summed E-state index contributed by atoms with van der Waals surface area (Å²) in [5.41, 5.74) is -0.299. The van der Waals surface area contributed by atoms with Crippen LogP contribution in [0.1, 0.15) is 33.6 Å². The number of likely N-dealkylation sites (tertiary alicyclic amines) is 1. The van der Waals surface area contributed by atoms with Gasteiger partial charge in [0.25, 0.3) is 5.91 Å². The maximum absolute atomic E-state index is 13.1. The molecular formula is C19H21N3O5. The number of ether oxygens (including phenoxy) is 1. The van der Waals surface area contributed by atoms with Gasteiger partial charge in [0.1, 0.15) is 12.0 Å². The molecule has 3 rings (SSSR count). The number of hydrogen-bond acceptors (Lipinski definition) is 6. The monoisotopic (exact) mass is 371 g/mol. The first-order valence-electron chi connectivity index (χ1n) is 8.72. The van der Waals surface area contributed by atoms with Crippen molar-refractivity contribution in [1.29, 1.82) is 0 Å². The van der Waals surface area contributed by atoms with E-state index in [4.69, 9.17) is 4.74 Å². The minimum Gasteiger partial charge on any atom is -0.462 e. The molecule has 2 aliphatic rings. The van der Waals surface area contributed by atoms with Crippen molar-refractivity contribution in [3.63, 3.8) is 0 Å². The predicted molar refractivity (Wildman–Crippen MR) is 96.7 cm³/mol. The molecule has 27 heavy (non-hydrogen) atoms. The Labute approximate surface area is 156 Å². The molecule has 1 aromatic rings. The Hall–Kier alpha value is -3.03. The van der Waals surface area contributed by atoms with E-state index >= 15 is 0 Å². The minimum absolute atomic E-state index is 0.203. The highest BCUT2D eigenvalue weighted by atomic mass is 16.5. The van der Waals surface area contributed by atoms with E-state index in [1.165, 1.54) is 5.01 Å². The van der Waals surface area contributed by atoms with E-state index in [1.807, 2.05) is 6.07 Å². The van der Waals surface area contributed by atoms with Crippen molar-refractivity contribution in [1.82, 2.24) is 4.90 Å². The Bertz CT molecular complexity index is 813. The first-order valence-corrected chi connectivity index (χ1v) is 8.72. The van der Waals surface area contributed by atoms with Crippen LogP contribution in [-0.4, -0.2) is 47.0 Å². The van der Waals surface area contributed by atoms with Gasteiger partial charge in [-0.25, -0.2) is 0 Å². The molecule has 8 heteroatoms. The third-order valence-electron chi connectivity index (χ3n) is 4.71. The summed E-state index contributed by atoms with van der Waals surface area (Å²) in [4.78, 5) is 50.9. The van der Waals surface area contributed by atoms with Gasteiger partial charge in [-0.05, 0) is 32.9 Å². The van der Waals surface area contributed by atoms with Crippen LogP contribution in [-0.2, 0) is 23.9 Å². The van der Waals surface area contributed by atoms with Gasteiger partial charge in [-0.1, -0.05) is 18.2 Å². The van der Waals surface area contributed by atoms with Crippen LogP contribution in [0.4, 0.5) is 5.69 Å². The highest BCUT2D eigenvalue weighted by Gasteiger charge is 2.56. The molecule has 0 aliphatic carbocycles. The number of carbonyl (C=O) groups excluding carboxylic acids is 4. The van der Waals surface area contributed by atoms with Gasteiger partial charge in [-0.15, -0.1) is 0 Å². The number of imide groups is 1. The van der Waals surface area contributed by atoms with Crippen LogP contribution in [0.2, 0.25) is 0 Å². The summed E-state index contributed by atoms with van der Waals surface area (Å²) < 4.78 is 5.00. The number of hydrazone groups is 1. The van der Waals surface area contributed by atoms with Crippen molar-refractivity contribution in [3.05, 3.63) is 30.3 Å². The average Bonchev–Trinajstić information content (AvgIpc) is 2.83. The molecule has 0 atom stereocenters. The highest BCUT2D eigenvalue weighted by Crippen LogP contribution is 2.42. The van der Waals surface area contributed by atoms with Crippen LogP contribution in [0.25, 0.3) is 0 Å². The largest absolute Gasteiger partial charge is 0.462 e. The fourth-order valence-electron chi connectivity index (χ4n) is 3.31. The van der Waals surface area contributed by atoms with Crippen LogP contribution < -0.4 is 5.01 Å². The summed E-state index contributed by atoms with van der Waals surface area (Å²) in [6, 6.07) is 8.83. The molecule has 0 radical (unpaired) electrons. The fourth-order valence-corrected chi connectivity index (χ4v) is 3.31. The maximum Gasteiger partial charge on any atom is 0.326 e. The molecule has 1 saturated heterocycles. The van der Waals surface area contributed by atoms with Gasteiger partial charge in [-0.3, -0.25) is 24.1 Å². The number of esters is 1. The maximum atomic E-state index is 13.1. The van der Waals surface area contributed by atoms with Crippen LogP contribution in [0, 0.1) is 5.41 Å². The van der Waals surface area contributed by atoms with Gasteiger partial charge >= 0.3 is 5.97 Å². The lowest BCUT2D eigenvalue weighted by Gasteiger charge is -2.35. The highest BCUT2D eigenvalue weighted by molar-refractivity contribution is 6.23. The van der Waals surface area contributed by atoms with Gasteiger partial charge in [0.05, 0.1) is 17.5 Å². The zero-order chi connectivity index (χ0) is 19.8. The van der Waals surface area contributed by atoms with Crippen molar-refractivity contribution < 1.29 is 23.9 Å². The number of anilines is 1. The van der Waals surface area contributed by atoms with E-state index in [-0.39, 0.29) is 18.9 Å². The van der Waals surface area contributed by atoms with Crippen LogP contribution in [0.5, 0.6) is 0 Å². The lowest BCUT2D eigenvalue weighted by molar-refractivity contribution is -0.162. The quantitative estimate of drug-likeness (QED) is 0.590. The molecular weight excluding hydrogens is 350 g/mol. The third kappa shape index (κ3) is 3.34. The van der Waals surface area contributed by atoms with Crippen molar-refractivity contribution in [2.24, 2.45) is 10.5 Å². The first kappa shape index (κ1) is 18.8. The van der Waals surface area contributed by atoms with Crippen LogP contribution in [0.15, 0.2) is 35.4 Å². The van der Waals surface area contributed by atoms with E-state index in [1.54, 1.807) is 45.0 Å². The van der Waals surface area contributed by atoms with Crippen LogP contribution in [0.3, 0.4) is 0 Å². The standard InChI is InChI=1S/C19H21N3O5/c1-12(2)27-17(25)11-21-15(23)9-19(10-16(21)24)13(3)20-22(18(19)26)14-7-5-4-6-8-14/h4-8,12H,9-11H2,1-3H3. The Morgan fingerprint density at radius 3 is 2.30 bits per heavy atom. The smallest absolute Gasteiger partial charge is 0.326 e. The van der Waals surface area contributed by atoms with E-state index in [9.17, 15) is 19.2 Å². The number of benzene rings is 1. The lowest BCUT2D eigenvalue weighted by atomic mass is 9.74. The number of carbonyl (C=O) groups is 4. The average molecular weight is 371 g/mol. The molecule has 1 fully saturated rings. The van der Waals surface area contributed by atoms with Crippen molar-refractivity contribution in [2.45, 2.75) is 39.7 Å². The number of rotatable bonds is 4. The van der Waals surface area contributed by atoms with Gasteiger partial charge in [0, 0.05) is 12.8 Å². The van der Waals surface area contributed by atoms with E-state index in [0.717, 1.165) is 4.90 Å². The second-order valence-electron chi connectivity index (χ2n) is 6.99. The predicted octanol–water partition coefficient (Wildman–Crippen LogP) is 1.50. The van der Waals surface area contributed by atoms with Crippen molar-refractivity contribution in [2.75, 3.05) is 11.6 Å². The van der Waals surface area contributed by atoms with E-state index in [0.29, 0.717) is 11.4 Å². The molecule has 2 heterocycles. The molecule has 0 unspecified atom stereocenters. The van der Waals surface area contributed by atoms with Gasteiger partial charge in [0.15, 0.2) is 0 Å². The first-order chi connectivity index (χ1) is 12.7. The second-order valence-corrected chi connectivity index (χ2v) is 6.99. The Morgan fingerprint density at radius 2 is 1.74 bits per heavy atom. The minimum atomic E-state index is -1.29. The van der Waals surface area contributed by atoms with Crippen molar-refractivity contribution in [3.8, 4) is 0 Å². The summed E-state index contributed by atoms with van der Waals surface area (Å²) in [5.74, 6) is -2.22. The van der Waals surface area contributed by atoms with E-state index in [2.05, 4.69) is 5.10 Å². The summed E-state index contributed by atoms with van der Waals surface area (Å²) in [6.07, 6.45) is -0.750. The molecule has 0 bridgehead atoms. The molecule has 0 saturated carbocycles. The van der Waals surface area contributed by atoms with Gasteiger partial charge < -0.3 is 4.74 Å². The van der Waals surface area contributed by atoms with Gasteiger partial charge in [0.2, 0.25) is 11.8 Å². The molecule has 3 amide bonds. The van der Waals surface area contributed by atoms with E-state index < -0.39 is 35.7 Å². The normalized spacial score (nSPS) is 19.1. The molecule has 142 valence electrons. The van der Waals surface area contributed by atoms with Crippen LogP contribution >= 0.6 is 0 Å². The zero-order valence-electron chi connectivity index (χ0n) is 15.5. The molecule has 8 nitrogen and oxygen atoms in total. The molecule has 1 spiro atoms. The summed E-state index contributed by atoms with van der Waals surface area (Å²) in [7, 11) is 0. The number of piperidine rings is 1. The molecule has 0 N–H and O–H groups in total. The topological polar surface area (TPSA) is 96.4 Å². The molecule has 1 aromatic carbocycles. The number of amides is 3. The summed E-state index contributed by atoms with van der Waals surface area (Å²) >= 11 is 0. The SMILES string of the molecule is CC1=NN(c2ccccc2)C(=O)C12CC(=O)N(CC(=O)OC(C)C)C(=O)C2. The molecule has 2 aliphatic heterocycles. The molecule has 0 aromatic heterocycles. The Balaban J connectivity index is 1.81. The number of nitrogens with zero attached hydrogens (tertiary/aromatic N) is 3. The van der Waals surface area contributed by atoms with Gasteiger partial charge in [-0.2, -0.15) is 10.1 Å². The summed E-state index contributed by atoms with van der Waals surface area (Å²) in [5, 5.41) is 5.53. The number of hydrogen-bond donors (Lipinski definition) is 0. The summed E-state index contributed by atoms with van der Waals surface area (Å²) in [6.45, 7) is 4.56. The number of para-hydroxylation sites is 1. The van der Waals surface area contributed by atoms with Crippen molar-refractivity contribution >= 4 is 35.1 Å². The second kappa shape index (κ2) is 6.94. The Morgan fingerprint density at radius 1 is 1.15 bits per heavy atom. The lowest BCUT2D eigenvalue weighted by Crippen LogP contribution is -2.55. The zero-order valence-corrected chi connectivity index (χ0v) is 15.5. The fraction of sp³-hybridized carbons (Fsp3) is 0.421.